The summed E-state index contributed by atoms with van der Waals surface area (Å²) < 4.78 is 0. The molecule has 1 aromatic carbocycles. The number of hydrogen-bond acceptors (Lipinski definition) is 5. The topological polar surface area (TPSA) is 78.4 Å². The molecule has 0 bridgehead atoms. The summed E-state index contributed by atoms with van der Waals surface area (Å²) in [7, 11) is 1.81. The van der Waals surface area contributed by atoms with E-state index in [1.807, 2.05) is 20.0 Å². The van der Waals surface area contributed by atoms with Crippen molar-refractivity contribution >= 4 is 11.8 Å². The maximum atomic E-state index is 12.5. The van der Waals surface area contributed by atoms with Gasteiger partial charge in [0.05, 0.1) is 24.0 Å². The first kappa shape index (κ1) is 19.0. The van der Waals surface area contributed by atoms with Crippen molar-refractivity contribution in [3.8, 4) is 0 Å². The standard InChI is InChI=1S/C20H25N5O2/c1-14-5-4-6-16(9-14)12-25-15(2)20(27)24(3)13-18(25)11-21-19(26)17-7-8-22-23-10-17/h4-10,15,18H,11-13H2,1-3H3,(H,21,26)/t15-,18+/m0/s1. The first-order chi connectivity index (χ1) is 13.0. The number of nitrogens with zero attached hydrogens (tertiary/aromatic N) is 4. The zero-order valence-corrected chi connectivity index (χ0v) is 15.9. The highest BCUT2D eigenvalue weighted by molar-refractivity contribution is 5.93. The minimum absolute atomic E-state index is 0.0296. The van der Waals surface area contributed by atoms with E-state index in [0.717, 1.165) is 5.56 Å². The van der Waals surface area contributed by atoms with Crippen LogP contribution in [0.2, 0.25) is 0 Å². The number of carbonyl (C=O) groups excluding carboxylic acids is 2. The minimum Gasteiger partial charge on any atom is -0.350 e. The molecule has 0 spiro atoms. The van der Waals surface area contributed by atoms with Gasteiger partial charge in [-0.3, -0.25) is 14.5 Å². The Labute approximate surface area is 159 Å². The second-order valence-electron chi connectivity index (χ2n) is 7.05. The molecule has 0 radical (unpaired) electrons. The fourth-order valence-electron chi connectivity index (χ4n) is 3.49. The molecule has 1 aliphatic rings. The molecule has 142 valence electrons. The van der Waals surface area contributed by atoms with Crippen molar-refractivity contribution in [3.05, 3.63) is 59.4 Å². The predicted molar refractivity (Wildman–Crippen MR) is 102 cm³/mol. The SMILES string of the molecule is Cc1cccc(CN2[C@H](CNC(=O)c3ccnnc3)CN(C)C(=O)[C@@H]2C)c1. The van der Waals surface area contributed by atoms with Gasteiger partial charge in [-0.15, -0.1) is 0 Å². The molecule has 7 nitrogen and oxygen atoms in total. The van der Waals surface area contributed by atoms with Gasteiger partial charge in [0.25, 0.3) is 5.91 Å². The first-order valence-corrected chi connectivity index (χ1v) is 9.07. The number of likely N-dealkylation sites (N-methyl/N-ethyl adjacent to an activating group) is 1. The fraction of sp³-hybridized carbons (Fsp3) is 0.400. The summed E-state index contributed by atoms with van der Waals surface area (Å²) in [6, 6.07) is 9.71. The van der Waals surface area contributed by atoms with E-state index in [0.29, 0.717) is 25.2 Å². The van der Waals surface area contributed by atoms with Gasteiger partial charge in [-0.25, -0.2) is 0 Å². The largest absolute Gasteiger partial charge is 0.350 e. The van der Waals surface area contributed by atoms with E-state index in [-0.39, 0.29) is 23.9 Å². The molecule has 2 amide bonds. The van der Waals surface area contributed by atoms with Crippen LogP contribution in [0, 0.1) is 6.92 Å². The van der Waals surface area contributed by atoms with E-state index in [9.17, 15) is 9.59 Å². The predicted octanol–water partition coefficient (Wildman–Crippen LogP) is 1.25. The van der Waals surface area contributed by atoms with Crippen molar-refractivity contribution in [2.24, 2.45) is 0 Å². The fourth-order valence-corrected chi connectivity index (χ4v) is 3.49. The van der Waals surface area contributed by atoms with Crippen LogP contribution in [0.25, 0.3) is 0 Å². The van der Waals surface area contributed by atoms with Crippen LogP contribution in [0.5, 0.6) is 0 Å². The molecule has 2 aromatic rings. The zero-order chi connectivity index (χ0) is 19.4. The van der Waals surface area contributed by atoms with Crippen molar-refractivity contribution in [3.63, 3.8) is 0 Å². The molecular formula is C20H25N5O2. The van der Waals surface area contributed by atoms with Crippen molar-refractivity contribution in [2.45, 2.75) is 32.5 Å². The lowest BCUT2D eigenvalue weighted by Crippen LogP contribution is -2.62. The third-order valence-corrected chi connectivity index (χ3v) is 4.98. The molecule has 2 heterocycles. The van der Waals surface area contributed by atoms with Gasteiger partial charge >= 0.3 is 0 Å². The van der Waals surface area contributed by atoms with E-state index in [1.54, 1.807) is 11.0 Å². The smallest absolute Gasteiger partial charge is 0.253 e. The second kappa shape index (κ2) is 8.26. The number of amides is 2. The van der Waals surface area contributed by atoms with Crippen molar-refractivity contribution in [2.75, 3.05) is 20.1 Å². The van der Waals surface area contributed by atoms with Gasteiger partial charge in [0.15, 0.2) is 0 Å². The molecule has 27 heavy (non-hydrogen) atoms. The van der Waals surface area contributed by atoms with Gasteiger partial charge in [0.2, 0.25) is 5.91 Å². The minimum atomic E-state index is -0.242. The lowest BCUT2D eigenvalue weighted by molar-refractivity contribution is -0.142. The number of carbonyl (C=O) groups is 2. The number of aryl methyl sites for hydroxylation is 1. The Morgan fingerprint density at radius 2 is 2.11 bits per heavy atom. The second-order valence-corrected chi connectivity index (χ2v) is 7.05. The molecule has 1 fully saturated rings. The van der Waals surface area contributed by atoms with Gasteiger partial charge in [-0.1, -0.05) is 29.8 Å². The van der Waals surface area contributed by atoms with Crippen LogP contribution < -0.4 is 5.32 Å². The molecular weight excluding hydrogens is 342 g/mol. The maximum absolute atomic E-state index is 12.5. The number of rotatable bonds is 5. The molecule has 0 saturated carbocycles. The van der Waals surface area contributed by atoms with E-state index < -0.39 is 0 Å². The highest BCUT2D eigenvalue weighted by atomic mass is 16.2. The molecule has 1 saturated heterocycles. The van der Waals surface area contributed by atoms with E-state index >= 15 is 0 Å². The van der Waals surface area contributed by atoms with Gasteiger partial charge in [-0.05, 0) is 25.5 Å². The Hall–Kier alpha value is -2.80. The monoisotopic (exact) mass is 367 g/mol. The Morgan fingerprint density at radius 3 is 2.81 bits per heavy atom. The van der Waals surface area contributed by atoms with Crippen LogP contribution in [-0.4, -0.2) is 64.0 Å². The van der Waals surface area contributed by atoms with Gasteiger partial charge in [0.1, 0.15) is 0 Å². The van der Waals surface area contributed by atoms with Crippen molar-refractivity contribution in [1.82, 2.24) is 25.3 Å². The number of nitrogens with one attached hydrogen (secondary N) is 1. The van der Waals surface area contributed by atoms with Crippen molar-refractivity contribution in [1.29, 1.82) is 0 Å². The lowest BCUT2D eigenvalue weighted by atomic mass is 10.0. The Kier molecular flexibility index (Phi) is 5.81. The van der Waals surface area contributed by atoms with Gasteiger partial charge < -0.3 is 10.2 Å². The van der Waals surface area contributed by atoms with Crippen LogP contribution in [0.3, 0.4) is 0 Å². The summed E-state index contributed by atoms with van der Waals surface area (Å²) in [5.41, 5.74) is 2.83. The highest BCUT2D eigenvalue weighted by Gasteiger charge is 2.36. The maximum Gasteiger partial charge on any atom is 0.253 e. The Bertz CT molecular complexity index is 811. The van der Waals surface area contributed by atoms with E-state index in [1.165, 1.54) is 18.0 Å². The van der Waals surface area contributed by atoms with Gasteiger partial charge in [0, 0.05) is 32.7 Å². The Balaban J connectivity index is 1.73. The molecule has 2 atom stereocenters. The molecule has 0 aliphatic carbocycles. The number of piperazine rings is 1. The third-order valence-electron chi connectivity index (χ3n) is 4.98. The number of aromatic nitrogens is 2. The van der Waals surface area contributed by atoms with Gasteiger partial charge in [-0.2, -0.15) is 10.2 Å². The normalized spacial score (nSPS) is 20.6. The van der Waals surface area contributed by atoms with Crippen LogP contribution in [0.1, 0.15) is 28.4 Å². The zero-order valence-electron chi connectivity index (χ0n) is 15.9. The molecule has 1 N–H and O–H groups in total. The summed E-state index contributed by atoms with van der Waals surface area (Å²) in [4.78, 5) is 28.7. The third kappa shape index (κ3) is 4.49. The van der Waals surface area contributed by atoms with Crippen LogP contribution >= 0.6 is 0 Å². The quantitative estimate of drug-likeness (QED) is 0.860. The molecule has 1 aromatic heterocycles. The van der Waals surface area contributed by atoms with E-state index in [4.69, 9.17) is 0 Å². The highest BCUT2D eigenvalue weighted by Crippen LogP contribution is 2.20. The average Bonchev–Trinajstić information content (AvgIpc) is 2.67. The number of hydrogen-bond donors (Lipinski definition) is 1. The summed E-state index contributed by atoms with van der Waals surface area (Å²) in [5, 5.41) is 10.4. The van der Waals surface area contributed by atoms with E-state index in [2.05, 4.69) is 45.5 Å². The van der Waals surface area contributed by atoms with Crippen LogP contribution in [0.15, 0.2) is 42.7 Å². The van der Waals surface area contributed by atoms with Crippen molar-refractivity contribution < 1.29 is 9.59 Å². The molecule has 1 aliphatic heterocycles. The van der Waals surface area contributed by atoms with Crippen LogP contribution in [-0.2, 0) is 11.3 Å². The Morgan fingerprint density at radius 1 is 1.30 bits per heavy atom. The summed E-state index contributed by atoms with van der Waals surface area (Å²) >= 11 is 0. The van der Waals surface area contributed by atoms with Crippen LogP contribution in [0.4, 0.5) is 0 Å². The first-order valence-electron chi connectivity index (χ1n) is 9.07. The summed E-state index contributed by atoms with van der Waals surface area (Å²) in [5.74, 6) is -0.0869. The molecule has 7 heteroatoms. The molecule has 0 unspecified atom stereocenters. The molecule has 3 rings (SSSR count). The summed E-state index contributed by atoms with van der Waals surface area (Å²) in [6.45, 7) is 5.68. The number of benzene rings is 1. The average molecular weight is 367 g/mol. The summed E-state index contributed by atoms with van der Waals surface area (Å²) in [6.07, 6.45) is 2.94. The lowest BCUT2D eigenvalue weighted by Gasteiger charge is -2.44.